The average Bonchev–Trinajstić information content (AvgIpc) is 2.65. The molecule has 0 unspecified atom stereocenters. The number of hydrogen-bond acceptors (Lipinski definition) is 1. The lowest BCUT2D eigenvalue weighted by Crippen LogP contribution is -2.34. The summed E-state index contributed by atoms with van der Waals surface area (Å²) in [7, 11) is 1.79. The molecule has 1 heteroatoms. The molecule has 1 aliphatic rings. The van der Waals surface area contributed by atoms with E-state index in [1.165, 1.54) is 40.7 Å². The van der Waals surface area contributed by atoms with Gasteiger partial charge in [0.25, 0.3) is 0 Å². The van der Waals surface area contributed by atoms with E-state index in [1.54, 1.807) is 12.7 Å². The third-order valence-electron chi connectivity index (χ3n) is 6.44. The van der Waals surface area contributed by atoms with Gasteiger partial charge in [0.05, 0.1) is 0 Å². The first-order chi connectivity index (χ1) is 13.2. The molecule has 0 saturated carbocycles. The van der Waals surface area contributed by atoms with Crippen LogP contribution in [0.3, 0.4) is 0 Å². The molecule has 0 fully saturated rings. The second-order valence-electron chi connectivity index (χ2n) is 9.70. The summed E-state index contributed by atoms with van der Waals surface area (Å²) in [4.78, 5) is 0. The summed E-state index contributed by atoms with van der Waals surface area (Å²) >= 11 is 0. The predicted octanol–water partition coefficient (Wildman–Crippen LogP) is 7.09. The Labute approximate surface area is 171 Å². The molecule has 0 N–H and O–H groups in total. The molecule has 2 aromatic carbocycles. The van der Waals surface area contributed by atoms with Gasteiger partial charge in [-0.05, 0) is 71.3 Å². The van der Waals surface area contributed by atoms with Gasteiger partial charge in [0, 0.05) is 13.7 Å². The molecule has 0 aromatic heterocycles. The Kier molecular flexibility index (Phi) is 6.15. The predicted molar refractivity (Wildman–Crippen MR) is 122 cm³/mol. The van der Waals surface area contributed by atoms with Gasteiger partial charge in [-0.1, -0.05) is 81.8 Å². The van der Waals surface area contributed by atoms with Crippen LogP contribution in [0, 0.1) is 6.92 Å². The first-order valence-corrected chi connectivity index (χ1v) is 10.6. The fourth-order valence-electron chi connectivity index (χ4n) is 4.32. The summed E-state index contributed by atoms with van der Waals surface area (Å²) in [6.07, 6.45) is 9.18. The first-order valence-electron chi connectivity index (χ1n) is 10.6. The van der Waals surface area contributed by atoms with E-state index < -0.39 is 0 Å². The molecule has 0 saturated heterocycles. The van der Waals surface area contributed by atoms with Crippen molar-refractivity contribution in [3.8, 4) is 0 Å². The molecule has 0 heterocycles. The van der Waals surface area contributed by atoms with E-state index in [4.69, 9.17) is 4.74 Å². The van der Waals surface area contributed by atoms with Crippen LogP contribution in [0.5, 0.6) is 0 Å². The number of fused-ring (bicyclic) bond motifs is 1. The topological polar surface area (TPSA) is 9.23 Å². The van der Waals surface area contributed by atoms with Gasteiger partial charge in [-0.2, -0.15) is 0 Å². The maximum absolute atomic E-state index is 5.31. The van der Waals surface area contributed by atoms with Gasteiger partial charge in [0.1, 0.15) is 0 Å². The Balaban J connectivity index is 2.04. The lowest BCUT2D eigenvalue weighted by atomic mass is 9.62. The summed E-state index contributed by atoms with van der Waals surface area (Å²) in [5.41, 5.74) is 8.93. The highest BCUT2D eigenvalue weighted by atomic mass is 16.5. The average molecular weight is 377 g/mol. The molecule has 0 amide bonds. The zero-order valence-corrected chi connectivity index (χ0v) is 18.6. The van der Waals surface area contributed by atoms with Gasteiger partial charge in [0.2, 0.25) is 0 Å². The first kappa shape index (κ1) is 20.9. The molecule has 0 atom stereocenters. The Hall–Kier alpha value is -1.86. The van der Waals surface area contributed by atoms with Crippen molar-refractivity contribution in [2.45, 2.75) is 71.1 Å². The van der Waals surface area contributed by atoms with E-state index in [2.05, 4.69) is 83.2 Å². The molecular formula is C27H36O. The van der Waals surface area contributed by atoms with Crippen molar-refractivity contribution >= 4 is 12.2 Å². The number of aryl methyl sites for hydroxylation is 2. The standard InChI is InChI=1S/C27H36O/c1-20-9-11-21(12-10-20)13-14-23-19-25-24(18-22(23)8-7-17-28-6)26(2,3)15-16-27(25,4)5/h9-14,18-19H,7-8,15-17H2,1-6H3/b14-13+. The van der Waals surface area contributed by atoms with Gasteiger partial charge >= 0.3 is 0 Å². The summed E-state index contributed by atoms with van der Waals surface area (Å²) < 4.78 is 5.31. The summed E-state index contributed by atoms with van der Waals surface area (Å²) in [5.74, 6) is 0. The molecule has 0 spiro atoms. The van der Waals surface area contributed by atoms with Crippen LogP contribution in [0.25, 0.3) is 12.2 Å². The van der Waals surface area contributed by atoms with Crippen LogP contribution in [0.1, 0.15) is 80.3 Å². The van der Waals surface area contributed by atoms with E-state index in [9.17, 15) is 0 Å². The molecule has 2 aromatic rings. The summed E-state index contributed by atoms with van der Waals surface area (Å²) in [6, 6.07) is 13.7. The second-order valence-corrected chi connectivity index (χ2v) is 9.70. The number of ether oxygens (including phenoxy) is 1. The minimum Gasteiger partial charge on any atom is -0.385 e. The number of benzene rings is 2. The summed E-state index contributed by atoms with van der Waals surface area (Å²) in [5, 5.41) is 0. The SMILES string of the molecule is COCCCc1cc2c(cc1/C=C/c1ccc(C)cc1)C(C)(C)CCC2(C)C. The smallest absolute Gasteiger partial charge is 0.0465 e. The molecule has 3 rings (SSSR count). The van der Waals surface area contributed by atoms with Crippen molar-refractivity contribution in [3.05, 3.63) is 69.8 Å². The van der Waals surface area contributed by atoms with Crippen LogP contribution in [-0.4, -0.2) is 13.7 Å². The minimum absolute atomic E-state index is 0.238. The number of hydrogen-bond donors (Lipinski definition) is 0. The van der Waals surface area contributed by atoms with Crippen LogP contribution in [0.4, 0.5) is 0 Å². The van der Waals surface area contributed by atoms with Crippen LogP contribution in [-0.2, 0) is 22.0 Å². The fourth-order valence-corrected chi connectivity index (χ4v) is 4.32. The number of methoxy groups -OCH3 is 1. The van der Waals surface area contributed by atoms with Crippen molar-refractivity contribution in [1.29, 1.82) is 0 Å². The molecule has 0 bridgehead atoms. The van der Waals surface area contributed by atoms with E-state index in [-0.39, 0.29) is 10.8 Å². The second kappa shape index (κ2) is 8.25. The molecule has 150 valence electrons. The Morgan fingerprint density at radius 1 is 0.893 bits per heavy atom. The van der Waals surface area contributed by atoms with E-state index in [0.29, 0.717) is 0 Å². The van der Waals surface area contributed by atoms with Crippen molar-refractivity contribution in [3.63, 3.8) is 0 Å². The highest BCUT2D eigenvalue weighted by Gasteiger charge is 2.37. The maximum atomic E-state index is 5.31. The molecule has 0 aliphatic heterocycles. The van der Waals surface area contributed by atoms with Crippen molar-refractivity contribution in [2.75, 3.05) is 13.7 Å². The Morgan fingerprint density at radius 3 is 2.11 bits per heavy atom. The van der Waals surface area contributed by atoms with Crippen molar-refractivity contribution in [1.82, 2.24) is 0 Å². The van der Waals surface area contributed by atoms with E-state index >= 15 is 0 Å². The lowest BCUT2D eigenvalue weighted by Gasteiger charge is -2.42. The van der Waals surface area contributed by atoms with Crippen LogP contribution >= 0.6 is 0 Å². The summed E-state index contributed by atoms with van der Waals surface area (Å²) in [6.45, 7) is 12.6. The zero-order chi connectivity index (χ0) is 20.4. The monoisotopic (exact) mass is 376 g/mol. The van der Waals surface area contributed by atoms with Gasteiger partial charge in [-0.15, -0.1) is 0 Å². The molecular weight excluding hydrogens is 340 g/mol. The van der Waals surface area contributed by atoms with Gasteiger partial charge in [-0.3, -0.25) is 0 Å². The molecule has 0 radical (unpaired) electrons. The maximum Gasteiger partial charge on any atom is 0.0465 e. The van der Waals surface area contributed by atoms with Gasteiger partial charge in [0.15, 0.2) is 0 Å². The highest BCUT2D eigenvalue weighted by Crippen LogP contribution is 2.46. The fraction of sp³-hybridized carbons (Fsp3) is 0.481. The van der Waals surface area contributed by atoms with E-state index in [1.807, 2.05) is 0 Å². The zero-order valence-electron chi connectivity index (χ0n) is 18.6. The van der Waals surface area contributed by atoms with Crippen LogP contribution in [0.2, 0.25) is 0 Å². The number of rotatable bonds is 6. The van der Waals surface area contributed by atoms with Crippen molar-refractivity contribution < 1.29 is 4.74 Å². The largest absolute Gasteiger partial charge is 0.385 e. The van der Waals surface area contributed by atoms with Crippen LogP contribution < -0.4 is 0 Å². The Morgan fingerprint density at radius 2 is 1.50 bits per heavy atom. The van der Waals surface area contributed by atoms with E-state index in [0.717, 1.165) is 19.4 Å². The van der Waals surface area contributed by atoms with Crippen LogP contribution in [0.15, 0.2) is 36.4 Å². The lowest BCUT2D eigenvalue weighted by molar-refractivity contribution is 0.195. The Bertz CT molecular complexity index is 837. The van der Waals surface area contributed by atoms with Gasteiger partial charge in [-0.25, -0.2) is 0 Å². The minimum atomic E-state index is 0.238. The molecule has 1 aliphatic carbocycles. The molecule has 1 nitrogen and oxygen atoms in total. The molecule has 28 heavy (non-hydrogen) atoms. The normalized spacial score (nSPS) is 17.6. The third kappa shape index (κ3) is 4.58. The van der Waals surface area contributed by atoms with Gasteiger partial charge < -0.3 is 4.74 Å². The third-order valence-corrected chi connectivity index (χ3v) is 6.44. The quantitative estimate of drug-likeness (QED) is 0.386. The highest BCUT2D eigenvalue weighted by molar-refractivity contribution is 5.72. The van der Waals surface area contributed by atoms with Crippen molar-refractivity contribution in [2.24, 2.45) is 0 Å².